The highest BCUT2D eigenvalue weighted by atomic mass is 15.1. The minimum atomic E-state index is 0.657. The maximum Gasteiger partial charge on any atom is 0.0271 e. The van der Waals surface area contributed by atoms with E-state index in [0.29, 0.717) is 6.04 Å². The van der Waals surface area contributed by atoms with Crippen LogP contribution >= 0.6 is 0 Å². The monoisotopic (exact) mass is 219 g/mol. The van der Waals surface area contributed by atoms with Gasteiger partial charge in [-0.15, -0.1) is 0 Å². The van der Waals surface area contributed by atoms with Crippen LogP contribution in [0.2, 0.25) is 0 Å². The molecule has 0 radical (unpaired) electrons. The molecule has 0 aromatic carbocycles. The van der Waals surface area contributed by atoms with Gasteiger partial charge >= 0.3 is 0 Å². The molecular formula is C13H21N3. The van der Waals surface area contributed by atoms with Gasteiger partial charge in [-0.3, -0.25) is 4.98 Å². The molecule has 1 fully saturated rings. The van der Waals surface area contributed by atoms with Gasteiger partial charge in [-0.2, -0.15) is 0 Å². The summed E-state index contributed by atoms with van der Waals surface area (Å²) >= 11 is 0. The van der Waals surface area contributed by atoms with Crippen molar-refractivity contribution in [1.29, 1.82) is 0 Å². The van der Waals surface area contributed by atoms with E-state index in [1.165, 1.54) is 25.1 Å². The summed E-state index contributed by atoms with van der Waals surface area (Å²) in [5, 5.41) is 3.65. The Morgan fingerprint density at radius 1 is 1.44 bits per heavy atom. The second kappa shape index (κ2) is 5.41. The average Bonchev–Trinajstić information content (AvgIpc) is 2.29. The van der Waals surface area contributed by atoms with Gasteiger partial charge in [0.15, 0.2) is 0 Å². The van der Waals surface area contributed by atoms with Crippen LogP contribution in [-0.2, 0) is 6.54 Å². The number of likely N-dealkylation sites (tertiary alicyclic amines) is 1. The number of aromatic nitrogens is 1. The lowest BCUT2D eigenvalue weighted by atomic mass is 9.94. The van der Waals surface area contributed by atoms with Gasteiger partial charge in [0.2, 0.25) is 0 Å². The molecule has 0 spiro atoms. The van der Waals surface area contributed by atoms with Crippen molar-refractivity contribution < 1.29 is 0 Å². The third kappa shape index (κ3) is 3.03. The Labute approximate surface area is 97.9 Å². The first-order chi connectivity index (χ1) is 7.75. The van der Waals surface area contributed by atoms with E-state index in [4.69, 9.17) is 0 Å². The summed E-state index contributed by atoms with van der Waals surface area (Å²) in [6.45, 7) is 5.70. The lowest BCUT2D eigenvalue weighted by molar-refractivity contribution is 0.174. The SMILES string of the molecule is CC1CN(C)CCC1NCc1ccncc1. The first-order valence-corrected chi connectivity index (χ1v) is 6.06. The average molecular weight is 219 g/mol. The van der Waals surface area contributed by atoms with E-state index in [1.807, 2.05) is 12.4 Å². The minimum absolute atomic E-state index is 0.657. The van der Waals surface area contributed by atoms with Crippen LogP contribution in [0.25, 0.3) is 0 Å². The van der Waals surface area contributed by atoms with Crippen molar-refractivity contribution in [2.75, 3.05) is 20.1 Å². The normalized spacial score (nSPS) is 26.9. The molecule has 2 heterocycles. The Morgan fingerprint density at radius 2 is 2.19 bits per heavy atom. The fourth-order valence-electron chi connectivity index (χ4n) is 2.41. The van der Waals surface area contributed by atoms with Crippen LogP contribution < -0.4 is 5.32 Å². The molecule has 88 valence electrons. The number of pyridine rings is 1. The summed E-state index contributed by atoms with van der Waals surface area (Å²) in [5.74, 6) is 0.737. The molecule has 0 amide bonds. The van der Waals surface area contributed by atoms with E-state index in [-0.39, 0.29) is 0 Å². The molecule has 0 saturated carbocycles. The van der Waals surface area contributed by atoms with Gasteiger partial charge in [0, 0.05) is 31.5 Å². The number of nitrogens with one attached hydrogen (secondary N) is 1. The lowest BCUT2D eigenvalue weighted by Crippen LogP contribution is -2.46. The number of nitrogens with zero attached hydrogens (tertiary/aromatic N) is 2. The zero-order valence-corrected chi connectivity index (χ0v) is 10.2. The first-order valence-electron chi connectivity index (χ1n) is 6.06. The quantitative estimate of drug-likeness (QED) is 0.835. The molecule has 2 atom stereocenters. The minimum Gasteiger partial charge on any atom is -0.310 e. The van der Waals surface area contributed by atoms with Crippen molar-refractivity contribution in [3.05, 3.63) is 30.1 Å². The number of piperidine rings is 1. The van der Waals surface area contributed by atoms with Gasteiger partial charge in [-0.05, 0) is 43.6 Å². The third-order valence-corrected chi connectivity index (χ3v) is 3.43. The zero-order chi connectivity index (χ0) is 11.4. The second-order valence-electron chi connectivity index (χ2n) is 4.87. The highest BCUT2D eigenvalue weighted by Crippen LogP contribution is 2.15. The van der Waals surface area contributed by atoms with Gasteiger partial charge in [0.1, 0.15) is 0 Å². The van der Waals surface area contributed by atoms with Crippen LogP contribution in [0.4, 0.5) is 0 Å². The van der Waals surface area contributed by atoms with Crippen LogP contribution in [0.3, 0.4) is 0 Å². The van der Waals surface area contributed by atoms with E-state index in [1.54, 1.807) is 0 Å². The molecule has 1 aliphatic heterocycles. The van der Waals surface area contributed by atoms with Crippen molar-refractivity contribution >= 4 is 0 Å². The standard InChI is InChI=1S/C13H21N3/c1-11-10-16(2)8-5-13(11)15-9-12-3-6-14-7-4-12/h3-4,6-7,11,13,15H,5,8-10H2,1-2H3. The first kappa shape index (κ1) is 11.6. The summed E-state index contributed by atoms with van der Waals surface area (Å²) in [4.78, 5) is 6.44. The summed E-state index contributed by atoms with van der Waals surface area (Å²) in [6.07, 6.45) is 4.97. The van der Waals surface area contributed by atoms with Crippen molar-refractivity contribution in [1.82, 2.24) is 15.2 Å². The Morgan fingerprint density at radius 3 is 2.88 bits per heavy atom. The molecule has 1 saturated heterocycles. The van der Waals surface area contributed by atoms with Crippen molar-refractivity contribution in [2.24, 2.45) is 5.92 Å². The summed E-state index contributed by atoms with van der Waals surface area (Å²) in [6, 6.07) is 4.81. The van der Waals surface area contributed by atoms with Gasteiger partial charge < -0.3 is 10.2 Å². The highest BCUT2D eigenvalue weighted by Gasteiger charge is 2.23. The summed E-state index contributed by atoms with van der Waals surface area (Å²) < 4.78 is 0. The smallest absolute Gasteiger partial charge is 0.0271 e. The van der Waals surface area contributed by atoms with E-state index in [9.17, 15) is 0 Å². The van der Waals surface area contributed by atoms with Gasteiger partial charge in [-0.25, -0.2) is 0 Å². The van der Waals surface area contributed by atoms with E-state index < -0.39 is 0 Å². The predicted molar refractivity (Wildman–Crippen MR) is 66.1 cm³/mol. The molecule has 2 unspecified atom stereocenters. The number of hydrogen-bond donors (Lipinski definition) is 1. The molecule has 1 aliphatic rings. The molecule has 3 heteroatoms. The maximum atomic E-state index is 4.03. The van der Waals surface area contributed by atoms with Gasteiger partial charge in [0.05, 0.1) is 0 Å². The number of rotatable bonds is 3. The largest absolute Gasteiger partial charge is 0.310 e. The molecule has 3 nitrogen and oxygen atoms in total. The summed E-state index contributed by atoms with van der Waals surface area (Å²) in [5.41, 5.74) is 1.32. The van der Waals surface area contributed by atoms with Crippen LogP contribution in [0.1, 0.15) is 18.9 Å². The molecule has 0 bridgehead atoms. The van der Waals surface area contributed by atoms with E-state index >= 15 is 0 Å². The molecular weight excluding hydrogens is 198 g/mol. The van der Waals surface area contributed by atoms with E-state index in [2.05, 4.69) is 41.3 Å². The van der Waals surface area contributed by atoms with Crippen LogP contribution in [0.15, 0.2) is 24.5 Å². The molecule has 1 aromatic heterocycles. The van der Waals surface area contributed by atoms with Gasteiger partial charge in [0.25, 0.3) is 0 Å². The topological polar surface area (TPSA) is 28.2 Å². The van der Waals surface area contributed by atoms with Gasteiger partial charge in [-0.1, -0.05) is 6.92 Å². The molecule has 16 heavy (non-hydrogen) atoms. The Kier molecular flexibility index (Phi) is 3.91. The highest BCUT2D eigenvalue weighted by molar-refractivity contribution is 5.09. The molecule has 2 rings (SSSR count). The fraction of sp³-hybridized carbons (Fsp3) is 0.615. The molecule has 1 N–H and O–H groups in total. The van der Waals surface area contributed by atoms with Crippen LogP contribution in [-0.4, -0.2) is 36.1 Å². The second-order valence-corrected chi connectivity index (χ2v) is 4.87. The third-order valence-electron chi connectivity index (χ3n) is 3.43. The Bertz CT molecular complexity index is 312. The van der Waals surface area contributed by atoms with Crippen molar-refractivity contribution in [3.63, 3.8) is 0 Å². The van der Waals surface area contributed by atoms with Crippen LogP contribution in [0.5, 0.6) is 0 Å². The zero-order valence-electron chi connectivity index (χ0n) is 10.2. The van der Waals surface area contributed by atoms with Crippen molar-refractivity contribution in [3.8, 4) is 0 Å². The predicted octanol–water partition coefficient (Wildman–Crippen LogP) is 1.51. The fourth-order valence-corrected chi connectivity index (χ4v) is 2.41. The number of hydrogen-bond acceptors (Lipinski definition) is 3. The Hall–Kier alpha value is -0.930. The summed E-state index contributed by atoms with van der Waals surface area (Å²) in [7, 11) is 2.20. The lowest BCUT2D eigenvalue weighted by Gasteiger charge is -2.35. The molecule has 0 aliphatic carbocycles. The maximum absolute atomic E-state index is 4.03. The Balaban J connectivity index is 1.82. The van der Waals surface area contributed by atoms with Crippen molar-refractivity contribution in [2.45, 2.75) is 25.9 Å². The molecule has 1 aromatic rings. The van der Waals surface area contributed by atoms with Crippen LogP contribution in [0, 0.1) is 5.92 Å². The van der Waals surface area contributed by atoms with E-state index in [0.717, 1.165) is 12.5 Å².